The van der Waals surface area contributed by atoms with E-state index in [1.54, 1.807) is 0 Å². The third-order valence-electron chi connectivity index (χ3n) is 3.40. The maximum atomic E-state index is 4.38. The Kier molecular flexibility index (Phi) is 7.70. The van der Waals surface area contributed by atoms with Crippen molar-refractivity contribution in [1.82, 2.24) is 15.0 Å². The van der Waals surface area contributed by atoms with E-state index in [9.17, 15) is 0 Å². The van der Waals surface area contributed by atoms with Gasteiger partial charge in [-0.2, -0.15) is 0 Å². The van der Waals surface area contributed by atoms with Crippen molar-refractivity contribution in [3.8, 4) is 0 Å². The van der Waals surface area contributed by atoms with Gasteiger partial charge in [0.2, 0.25) is 0 Å². The molecular formula is C15H29N3. The molecule has 0 saturated heterocycles. The molecule has 1 aromatic heterocycles. The molecule has 3 nitrogen and oxygen atoms in total. The standard InChI is InChI=1S/C15H29N3/c1-4-7-9-10-13-18-15(11-6-3)14(16-17-18)12-8-5-2/h4-13H2,1-3H3. The van der Waals surface area contributed by atoms with Gasteiger partial charge in [0.05, 0.1) is 11.4 Å². The van der Waals surface area contributed by atoms with Crippen LogP contribution < -0.4 is 0 Å². The van der Waals surface area contributed by atoms with Crippen molar-refractivity contribution >= 4 is 0 Å². The normalized spacial score (nSPS) is 11.1. The molecule has 104 valence electrons. The molecule has 0 bridgehead atoms. The molecule has 0 saturated carbocycles. The highest BCUT2D eigenvalue weighted by Crippen LogP contribution is 2.13. The molecule has 3 heteroatoms. The first-order chi connectivity index (χ1) is 8.83. The van der Waals surface area contributed by atoms with Crippen molar-refractivity contribution in [2.75, 3.05) is 0 Å². The van der Waals surface area contributed by atoms with Crippen molar-refractivity contribution < 1.29 is 0 Å². The smallest absolute Gasteiger partial charge is 0.0859 e. The van der Waals surface area contributed by atoms with E-state index in [-0.39, 0.29) is 0 Å². The van der Waals surface area contributed by atoms with Crippen LogP contribution in [-0.4, -0.2) is 15.0 Å². The van der Waals surface area contributed by atoms with Gasteiger partial charge in [-0.3, -0.25) is 0 Å². The topological polar surface area (TPSA) is 30.7 Å². The van der Waals surface area contributed by atoms with Crippen molar-refractivity contribution in [3.63, 3.8) is 0 Å². The number of nitrogens with zero attached hydrogens (tertiary/aromatic N) is 3. The molecule has 1 rings (SSSR count). The van der Waals surface area contributed by atoms with Crippen LogP contribution in [0.5, 0.6) is 0 Å². The molecule has 0 aromatic carbocycles. The number of unbranched alkanes of at least 4 members (excludes halogenated alkanes) is 4. The molecule has 0 N–H and O–H groups in total. The minimum atomic E-state index is 1.05. The van der Waals surface area contributed by atoms with Gasteiger partial charge < -0.3 is 0 Å². The molecule has 0 unspecified atom stereocenters. The number of aryl methyl sites for hydroxylation is 2. The van der Waals surface area contributed by atoms with Crippen LogP contribution in [0.25, 0.3) is 0 Å². The monoisotopic (exact) mass is 251 g/mol. The number of hydrogen-bond donors (Lipinski definition) is 0. The molecule has 0 aliphatic rings. The Hall–Kier alpha value is -0.860. The average Bonchev–Trinajstić information content (AvgIpc) is 2.75. The van der Waals surface area contributed by atoms with E-state index >= 15 is 0 Å². The molecule has 0 atom stereocenters. The fourth-order valence-corrected chi connectivity index (χ4v) is 2.29. The van der Waals surface area contributed by atoms with Crippen LogP contribution in [0.15, 0.2) is 0 Å². The highest BCUT2D eigenvalue weighted by Gasteiger charge is 2.11. The lowest BCUT2D eigenvalue weighted by Gasteiger charge is -2.07. The molecular weight excluding hydrogens is 222 g/mol. The van der Waals surface area contributed by atoms with E-state index in [4.69, 9.17) is 0 Å². The molecule has 0 aliphatic carbocycles. The molecule has 1 heterocycles. The van der Waals surface area contributed by atoms with E-state index in [1.807, 2.05) is 0 Å². The van der Waals surface area contributed by atoms with Gasteiger partial charge >= 0.3 is 0 Å². The minimum absolute atomic E-state index is 1.05. The molecule has 0 amide bonds. The second-order valence-corrected chi connectivity index (χ2v) is 5.12. The molecule has 0 aliphatic heterocycles. The molecule has 18 heavy (non-hydrogen) atoms. The largest absolute Gasteiger partial charge is 0.249 e. The summed E-state index contributed by atoms with van der Waals surface area (Å²) in [5, 5.41) is 8.74. The van der Waals surface area contributed by atoms with Crippen LogP contribution in [0.2, 0.25) is 0 Å². The van der Waals surface area contributed by atoms with Gasteiger partial charge in [-0.05, 0) is 25.7 Å². The zero-order chi connectivity index (χ0) is 13.2. The van der Waals surface area contributed by atoms with Gasteiger partial charge in [-0.1, -0.05) is 58.1 Å². The van der Waals surface area contributed by atoms with Gasteiger partial charge in [0.15, 0.2) is 0 Å². The van der Waals surface area contributed by atoms with Crippen LogP contribution in [0.1, 0.15) is 77.1 Å². The maximum absolute atomic E-state index is 4.38. The van der Waals surface area contributed by atoms with E-state index < -0.39 is 0 Å². The highest BCUT2D eigenvalue weighted by atomic mass is 15.4. The van der Waals surface area contributed by atoms with Crippen molar-refractivity contribution in [1.29, 1.82) is 0 Å². The summed E-state index contributed by atoms with van der Waals surface area (Å²) in [7, 11) is 0. The average molecular weight is 251 g/mol. The summed E-state index contributed by atoms with van der Waals surface area (Å²) in [4.78, 5) is 0. The summed E-state index contributed by atoms with van der Waals surface area (Å²) in [5.74, 6) is 0. The van der Waals surface area contributed by atoms with Gasteiger partial charge in [0, 0.05) is 6.54 Å². The highest BCUT2D eigenvalue weighted by molar-refractivity contribution is 5.10. The quantitative estimate of drug-likeness (QED) is 0.585. The summed E-state index contributed by atoms with van der Waals surface area (Å²) in [6, 6.07) is 0. The van der Waals surface area contributed by atoms with E-state index in [0.29, 0.717) is 0 Å². The fourth-order valence-electron chi connectivity index (χ4n) is 2.29. The predicted molar refractivity (Wildman–Crippen MR) is 76.8 cm³/mol. The van der Waals surface area contributed by atoms with Crippen LogP contribution in [-0.2, 0) is 19.4 Å². The summed E-state index contributed by atoms with van der Waals surface area (Å²) < 4.78 is 2.16. The second kappa shape index (κ2) is 9.12. The Labute approximate surface area is 112 Å². The van der Waals surface area contributed by atoms with E-state index in [2.05, 4.69) is 35.8 Å². The van der Waals surface area contributed by atoms with Crippen molar-refractivity contribution in [2.45, 2.75) is 85.1 Å². The summed E-state index contributed by atoms with van der Waals surface area (Å²) in [6.07, 6.45) is 11.0. The molecule has 0 fully saturated rings. The molecule has 1 aromatic rings. The maximum Gasteiger partial charge on any atom is 0.0859 e. The first kappa shape index (κ1) is 15.2. The van der Waals surface area contributed by atoms with Gasteiger partial charge in [0.1, 0.15) is 0 Å². The Morgan fingerprint density at radius 2 is 1.61 bits per heavy atom. The summed E-state index contributed by atoms with van der Waals surface area (Å²) in [6.45, 7) is 7.77. The van der Waals surface area contributed by atoms with Gasteiger partial charge in [-0.25, -0.2) is 4.68 Å². The third kappa shape index (κ3) is 4.79. The van der Waals surface area contributed by atoms with Gasteiger partial charge in [0.25, 0.3) is 0 Å². The van der Waals surface area contributed by atoms with Crippen molar-refractivity contribution in [3.05, 3.63) is 11.4 Å². The lowest BCUT2D eigenvalue weighted by atomic mass is 10.1. The lowest BCUT2D eigenvalue weighted by molar-refractivity contribution is 0.510. The number of aromatic nitrogens is 3. The summed E-state index contributed by atoms with van der Waals surface area (Å²) >= 11 is 0. The zero-order valence-corrected chi connectivity index (χ0v) is 12.4. The third-order valence-corrected chi connectivity index (χ3v) is 3.40. The Bertz CT molecular complexity index is 318. The predicted octanol–water partition coefficient (Wildman–Crippen LogP) is 4.15. The zero-order valence-electron chi connectivity index (χ0n) is 12.4. The first-order valence-electron chi connectivity index (χ1n) is 7.74. The van der Waals surface area contributed by atoms with Crippen LogP contribution in [0, 0.1) is 0 Å². The Morgan fingerprint density at radius 3 is 2.28 bits per heavy atom. The molecule has 0 radical (unpaired) electrons. The van der Waals surface area contributed by atoms with Crippen molar-refractivity contribution in [2.24, 2.45) is 0 Å². The number of hydrogen-bond acceptors (Lipinski definition) is 2. The fraction of sp³-hybridized carbons (Fsp3) is 0.867. The first-order valence-corrected chi connectivity index (χ1v) is 7.74. The van der Waals surface area contributed by atoms with Gasteiger partial charge in [-0.15, -0.1) is 5.10 Å². The SMILES string of the molecule is CCCCCCn1nnc(CCCC)c1CCC. The minimum Gasteiger partial charge on any atom is -0.249 e. The molecule has 0 spiro atoms. The number of rotatable bonds is 10. The van der Waals surface area contributed by atoms with Crippen LogP contribution >= 0.6 is 0 Å². The summed E-state index contributed by atoms with van der Waals surface area (Å²) in [5.41, 5.74) is 2.64. The van der Waals surface area contributed by atoms with E-state index in [0.717, 1.165) is 19.4 Å². The van der Waals surface area contributed by atoms with Crippen LogP contribution in [0.3, 0.4) is 0 Å². The Morgan fingerprint density at radius 1 is 0.833 bits per heavy atom. The second-order valence-electron chi connectivity index (χ2n) is 5.12. The lowest BCUT2D eigenvalue weighted by Crippen LogP contribution is -2.06. The van der Waals surface area contributed by atoms with Crippen LogP contribution in [0.4, 0.5) is 0 Å². The Balaban J connectivity index is 2.56. The van der Waals surface area contributed by atoms with E-state index in [1.165, 1.54) is 56.3 Å².